The maximum Gasteiger partial charge on any atom is 0.000883 e. The van der Waals surface area contributed by atoms with Crippen LogP contribution in [0.3, 0.4) is 0 Å². The molecule has 1 aliphatic heterocycles. The molecule has 1 heteroatoms. The summed E-state index contributed by atoms with van der Waals surface area (Å²) in [7, 11) is 0. The van der Waals surface area contributed by atoms with Crippen molar-refractivity contribution >= 4 is 0 Å². The molecule has 1 nitrogen and oxygen atoms in total. The second kappa shape index (κ2) is 3.51. The lowest BCUT2D eigenvalue weighted by Gasteiger charge is -2.22. The van der Waals surface area contributed by atoms with E-state index in [0.29, 0.717) is 5.41 Å². The van der Waals surface area contributed by atoms with Gasteiger partial charge in [-0.3, -0.25) is 0 Å². The van der Waals surface area contributed by atoms with E-state index in [1.165, 1.54) is 31.5 Å². The molecule has 1 heterocycles. The van der Waals surface area contributed by atoms with Crippen LogP contribution in [-0.2, 0) is 6.42 Å². The highest BCUT2D eigenvalue weighted by molar-refractivity contribution is 5.16. The van der Waals surface area contributed by atoms with Crippen molar-refractivity contribution in [1.82, 2.24) is 5.32 Å². The number of rotatable bonds is 2. The molecule has 1 fully saturated rings. The second-order valence-corrected chi connectivity index (χ2v) is 4.40. The fourth-order valence-corrected chi connectivity index (χ4v) is 2.11. The van der Waals surface area contributed by atoms with Gasteiger partial charge in [0, 0.05) is 6.54 Å². The van der Waals surface area contributed by atoms with Crippen molar-refractivity contribution in [3.8, 4) is 0 Å². The summed E-state index contributed by atoms with van der Waals surface area (Å²) < 4.78 is 0. The molecule has 0 aliphatic carbocycles. The lowest BCUT2D eigenvalue weighted by Crippen LogP contribution is -2.22. The Morgan fingerprint density at radius 2 is 2.08 bits per heavy atom. The normalized spacial score (nSPS) is 27.8. The molecule has 0 saturated carbocycles. The van der Waals surface area contributed by atoms with Gasteiger partial charge in [-0.15, -0.1) is 0 Å². The van der Waals surface area contributed by atoms with Crippen LogP contribution in [0.5, 0.6) is 0 Å². The Balaban J connectivity index is 2.05. The number of hydrogen-bond acceptors (Lipinski definition) is 1. The van der Waals surface area contributed by atoms with Crippen molar-refractivity contribution in [2.45, 2.75) is 19.8 Å². The van der Waals surface area contributed by atoms with E-state index in [4.69, 9.17) is 0 Å². The first-order valence-corrected chi connectivity index (χ1v) is 5.03. The minimum absolute atomic E-state index is 0.487. The molecule has 70 valence electrons. The van der Waals surface area contributed by atoms with E-state index in [1.807, 2.05) is 0 Å². The topological polar surface area (TPSA) is 12.0 Å². The van der Waals surface area contributed by atoms with Crippen molar-refractivity contribution in [3.63, 3.8) is 0 Å². The zero-order valence-corrected chi connectivity index (χ0v) is 8.22. The average molecular weight is 175 g/mol. The Morgan fingerprint density at radius 1 is 1.31 bits per heavy atom. The summed E-state index contributed by atoms with van der Waals surface area (Å²) in [5.41, 5.74) is 1.95. The quantitative estimate of drug-likeness (QED) is 0.726. The zero-order valence-electron chi connectivity index (χ0n) is 8.22. The maximum absolute atomic E-state index is 3.43. The molecule has 1 atom stereocenters. The molecule has 0 aromatic heterocycles. The molecule has 1 aliphatic rings. The van der Waals surface area contributed by atoms with Gasteiger partial charge in [0.25, 0.3) is 0 Å². The van der Waals surface area contributed by atoms with Crippen molar-refractivity contribution in [2.24, 2.45) is 5.41 Å². The highest BCUT2D eigenvalue weighted by Crippen LogP contribution is 2.28. The Morgan fingerprint density at radius 3 is 2.69 bits per heavy atom. The first-order valence-electron chi connectivity index (χ1n) is 5.03. The monoisotopic (exact) mass is 175 g/mol. The maximum atomic E-state index is 3.43. The molecule has 0 radical (unpaired) electrons. The fraction of sp³-hybridized carbons (Fsp3) is 0.500. The molecule has 0 unspecified atom stereocenters. The van der Waals surface area contributed by atoms with Crippen molar-refractivity contribution in [2.75, 3.05) is 13.1 Å². The van der Waals surface area contributed by atoms with Gasteiger partial charge in [0.1, 0.15) is 0 Å². The summed E-state index contributed by atoms with van der Waals surface area (Å²) in [4.78, 5) is 0. The van der Waals surface area contributed by atoms with Crippen LogP contribution in [0, 0.1) is 5.41 Å². The van der Waals surface area contributed by atoms with Crippen molar-refractivity contribution in [3.05, 3.63) is 35.9 Å². The van der Waals surface area contributed by atoms with E-state index in [2.05, 4.69) is 42.6 Å². The predicted molar refractivity (Wildman–Crippen MR) is 55.7 cm³/mol. The average Bonchev–Trinajstić information content (AvgIpc) is 2.54. The van der Waals surface area contributed by atoms with Crippen LogP contribution in [0.4, 0.5) is 0 Å². The third kappa shape index (κ3) is 2.10. The van der Waals surface area contributed by atoms with Crippen LogP contribution < -0.4 is 5.32 Å². The summed E-state index contributed by atoms with van der Waals surface area (Å²) in [6, 6.07) is 10.8. The fourth-order valence-electron chi connectivity index (χ4n) is 2.11. The molecule has 0 amide bonds. The molecule has 2 rings (SSSR count). The predicted octanol–water partition coefficient (Wildman–Crippen LogP) is 2.23. The lowest BCUT2D eigenvalue weighted by atomic mass is 9.83. The van der Waals surface area contributed by atoms with Gasteiger partial charge >= 0.3 is 0 Å². The third-order valence-corrected chi connectivity index (χ3v) is 2.93. The van der Waals surface area contributed by atoms with Gasteiger partial charge in [-0.1, -0.05) is 37.3 Å². The summed E-state index contributed by atoms with van der Waals surface area (Å²) >= 11 is 0. The van der Waals surface area contributed by atoms with Gasteiger partial charge < -0.3 is 5.32 Å². The first kappa shape index (κ1) is 8.76. The highest BCUT2D eigenvalue weighted by atomic mass is 14.9. The van der Waals surface area contributed by atoms with E-state index in [1.54, 1.807) is 0 Å². The first-order chi connectivity index (χ1) is 6.29. The molecule has 1 N–H and O–H groups in total. The largest absolute Gasteiger partial charge is 0.316 e. The Labute approximate surface area is 80.2 Å². The minimum Gasteiger partial charge on any atom is -0.316 e. The number of benzene rings is 1. The van der Waals surface area contributed by atoms with Crippen molar-refractivity contribution in [1.29, 1.82) is 0 Å². The smallest absolute Gasteiger partial charge is 0.000883 e. The standard InChI is InChI=1S/C12H17N/c1-12(7-8-13-10-12)9-11-5-3-2-4-6-11/h2-6,13H,7-10H2,1H3/t12-/m1/s1. The molecule has 1 aromatic rings. The summed E-state index contributed by atoms with van der Waals surface area (Å²) in [6.07, 6.45) is 2.52. The number of nitrogens with one attached hydrogen (secondary N) is 1. The second-order valence-electron chi connectivity index (χ2n) is 4.40. The van der Waals surface area contributed by atoms with E-state index in [0.717, 1.165) is 0 Å². The molecule has 1 aromatic carbocycles. The Bertz CT molecular complexity index is 260. The lowest BCUT2D eigenvalue weighted by molar-refractivity contribution is 0.363. The number of hydrogen-bond donors (Lipinski definition) is 1. The van der Waals surface area contributed by atoms with Crippen LogP contribution in [0.25, 0.3) is 0 Å². The van der Waals surface area contributed by atoms with Crippen molar-refractivity contribution < 1.29 is 0 Å². The SMILES string of the molecule is C[C@]1(Cc2ccccc2)CCNC1. The summed E-state index contributed by atoms with van der Waals surface area (Å²) in [5, 5.41) is 3.43. The van der Waals surface area contributed by atoms with Gasteiger partial charge in [0.2, 0.25) is 0 Å². The van der Waals surface area contributed by atoms with E-state index >= 15 is 0 Å². The zero-order chi connectivity index (χ0) is 9.15. The molecule has 0 bridgehead atoms. The Hall–Kier alpha value is -0.820. The molecular weight excluding hydrogens is 158 g/mol. The van der Waals surface area contributed by atoms with Gasteiger partial charge in [0.05, 0.1) is 0 Å². The van der Waals surface area contributed by atoms with Crippen LogP contribution in [-0.4, -0.2) is 13.1 Å². The van der Waals surface area contributed by atoms with Gasteiger partial charge in [0.15, 0.2) is 0 Å². The summed E-state index contributed by atoms with van der Waals surface area (Å²) in [6.45, 7) is 4.73. The molecule has 1 saturated heterocycles. The van der Waals surface area contributed by atoms with Crippen LogP contribution in [0.1, 0.15) is 18.9 Å². The highest BCUT2D eigenvalue weighted by Gasteiger charge is 2.28. The van der Waals surface area contributed by atoms with E-state index in [-0.39, 0.29) is 0 Å². The van der Waals surface area contributed by atoms with E-state index in [9.17, 15) is 0 Å². The van der Waals surface area contributed by atoms with Gasteiger partial charge in [-0.2, -0.15) is 0 Å². The minimum atomic E-state index is 0.487. The molecule has 13 heavy (non-hydrogen) atoms. The van der Waals surface area contributed by atoms with Gasteiger partial charge in [-0.25, -0.2) is 0 Å². The van der Waals surface area contributed by atoms with Gasteiger partial charge in [-0.05, 0) is 30.4 Å². The van der Waals surface area contributed by atoms with Crippen LogP contribution >= 0.6 is 0 Å². The Kier molecular flexibility index (Phi) is 2.36. The van der Waals surface area contributed by atoms with E-state index < -0.39 is 0 Å². The summed E-state index contributed by atoms with van der Waals surface area (Å²) in [5.74, 6) is 0. The van der Waals surface area contributed by atoms with Crippen LogP contribution in [0.2, 0.25) is 0 Å². The third-order valence-electron chi connectivity index (χ3n) is 2.93. The molecule has 0 spiro atoms. The van der Waals surface area contributed by atoms with Crippen LogP contribution in [0.15, 0.2) is 30.3 Å². The molecular formula is C12H17N.